The van der Waals surface area contributed by atoms with Gasteiger partial charge in [0, 0.05) is 11.0 Å². The maximum absolute atomic E-state index is 5.72. The Kier molecular flexibility index (Phi) is 4.12. The van der Waals surface area contributed by atoms with Crippen LogP contribution in [0.5, 0.6) is 11.5 Å². The molecular weight excluding hydrogens is 316 g/mol. The van der Waals surface area contributed by atoms with Gasteiger partial charge < -0.3 is 9.47 Å². The van der Waals surface area contributed by atoms with Gasteiger partial charge in [0.25, 0.3) is 0 Å². The summed E-state index contributed by atoms with van der Waals surface area (Å²) < 4.78 is 12.3. The normalized spacial score (nSPS) is 24.8. The lowest BCUT2D eigenvalue weighted by molar-refractivity contribution is 0.216. The fourth-order valence-electron chi connectivity index (χ4n) is 3.54. The maximum atomic E-state index is 5.72. The smallest absolute Gasteiger partial charge is 0.175 e. The molecule has 112 valence electrons. The van der Waals surface area contributed by atoms with Crippen LogP contribution in [0.15, 0.2) is 10.5 Å². The lowest BCUT2D eigenvalue weighted by atomic mass is 9.65. The monoisotopic (exact) mass is 340 g/mol. The van der Waals surface area contributed by atoms with Gasteiger partial charge in [0.1, 0.15) is 0 Å². The van der Waals surface area contributed by atoms with Gasteiger partial charge in [-0.05, 0) is 46.7 Å². The number of rotatable bonds is 3. The van der Waals surface area contributed by atoms with E-state index in [9.17, 15) is 0 Å². The van der Waals surface area contributed by atoms with Crippen molar-refractivity contribution in [3.8, 4) is 11.5 Å². The Morgan fingerprint density at radius 1 is 1.05 bits per heavy atom. The Bertz CT molecular complexity index is 522. The molecule has 0 heterocycles. The van der Waals surface area contributed by atoms with Crippen LogP contribution in [0.2, 0.25) is 0 Å². The van der Waals surface area contributed by atoms with E-state index in [0.29, 0.717) is 0 Å². The van der Waals surface area contributed by atoms with Crippen molar-refractivity contribution in [1.82, 2.24) is 0 Å². The van der Waals surface area contributed by atoms with Gasteiger partial charge in [-0.1, -0.05) is 33.3 Å². The molecule has 2 nitrogen and oxygen atoms in total. The molecule has 0 bridgehead atoms. The van der Waals surface area contributed by atoms with E-state index in [1.54, 1.807) is 14.2 Å². The molecule has 3 heteroatoms. The van der Waals surface area contributed by atoms with Crippen molar-refractivity contribution in [1.29, 1.82) is 0 Å². The number of halogens is 1. The van der Waals surface area contributed by atoms with Crippen LogP contribution in [0, 0.1) is 12.3 Å². The summed E-state index contributed by atoms with van der Waals surface area (Å²) in [7, 11) is 3.43. The van der Waals surface area contributed by atoms with Crippen LogP contribution in [0.3, 0.4) is 0 Å². The van der Waals surface area contributed by atoms with Crippen molar-refractivity contribution < 1.29 is 9.47 Å². The number of ether oxygens (including phenoxy) is 2. The fraction of sp³-hybridized carbons (Fsp3) is 0.647. The van der Waals surface area contributed by atoms with E-state index < -0.39 is 0 Å². The third-order valence-electron chi connectivity index (χ3n) is 5.33. The first-order valence-corrected chi connectivity index (χ1v) is 7.99. The Labute approximate surface area is 131 Å². The van der Waals surface area contributed by atoms with E-state index in [2.05, 4.69) is 49.7 Å². The maximum Gasteiger partial charge on any atom is 0.175 e. The molecule has 0 aliphatic heterocycles. The summed E-state index contributed by atoms with van der Waals surface area (Å²) in [4.78, 5) is 0. The number of hydrogen-bond donors (Lipinski definition) is 0. The second-order valence-corrected chi connectivity index (χ2v) is 7.48. The number of methoxy groups -OCH3 is 2. The standard InChI is InChI=1S/C17H25BrO2/c1-11-10-12(14(19-5)15(20-6)13(11)18)17(4)9-7-8-16(17,2)3/h10H,7-9H2,1-6H3/t17-/m1/s1. The van der Waals surface area contributed by atoms with Crippen LogP contribution in [-0.4, -0.2) is 14.2 Å². The van der Waals surface area contributed by atoms with Crippen LogP contribution >= 0.6 is 15.9 Å². The second kappa shape index (κ2) is 5.25. The zero-order valence-corrected chi connectivity index (χ0v) is 15.0. The van der Waals surface area contributed by atoms with Crippen LogP contribution in [0.1, 0.15) is 51.2 Å². The zero-order valence-electron chi connectivity index (χ0n) is 13.4. The van der Waals surface area contributed by atoms with Gasteiger partial charge in [-0.3, -0.25) is 0 Å². The molecule has 1 aromatic rings. The van der Waals surface area contributed by atoms with Gasteiger partial charge in [0.2, 0.25) is 0 Å². The summed E-state index contributed by atoms with van der Waals surface area (Å²) in [5.74, 6) is 1.69. The van der Waals surface area contributed by atoms with Gasteiger partial charge in [-0.25, -0.2) is 0 Å². The molecule has 1 fully saturated rings. The molecule has 1 aliphatic rings. The van der Waals surface area contributed by atoms with Crippen LogP contribution in [-0.2, 0) is 5.41 Å². The van der Waals surface area contributed by atoms with Crippen molar-refractivity contribution in [2.75, 3.05) is 14.2 Å². The highest BCUT2D eigenvalue weighted by Crippen LogP contribution is 2.58. The van der Waals surface area contributed by atoms with Crippen molar-refractivity contribution in [3.05, 3.63) is 21.7 Å². The predicted octanol–water partition coefficient (Wildman–Crippen LogP) is 5.24. The average molecular weight is 341 g/mol. The Morgan fingerprint density at radius 3 is 2.10 bits per heavy atom. The van der Waals surface area contributed by atoms with Gasteiger partial charge in [0.15, 0.2) is 11.5 Å². The molecule has 0 radical (unpaired) electrons. The van der Waals surface area contributed by atoms with Crippen LogP contribution in [0.25, 0.3) is 0 Å². The van der Waals surface area contributed by atoms with Gasteiger partial charge in [-0.2, -0.15) is 0 Å². The molecule has 20 heavy (non-hydrogen) atoms. The summed E-state index contributed by atoms with van der Waals surface area (Å²) in [5.41, 5.74) is 2.87. The van der Waals surface area contributed by atoms with Crippen molar-refractivity contribution in [2.45, 2.75) is 52.4 Å². The zero-order chi connectivity index (χ0) is 15.1. The van der Waals surface area contributed by atoms with E-state index in [1.165, 1.54) is 30.4 Å². The lowest BCUT2D eigenvalue weighted by Crippen LogP contribution is -2.34. The summed E-state index contributed by atoms with van der Waals surface area (Å²) >= 11 is 3.62. The number of hydrogen-bond acceptors (Lipinski definition) is 2. The molecule has 2 rings (SSSR count). The largest absolute Gasteiger partial charge is 0.493 e. The molecule has 1 aliphatic carbocycles. The minimum atomic E-state index is 0.122. The topological polar surface area (TPSA) is 18.5 Å². The van der Waals surface area contributed by atoms with Gasteiger partial charge in [0.05, 0.1) is 18.7 Å². The third-order valence-corrected chi connectivity index (χ3v) is 6.32. The molecule has 0 N–H and O–H groups in total. The van der Waals surface area contributed by atoms with Gasteiger partial charge >= 0.3 is 0 Å². The summed E-state index contributed by atoms with van der Waals surface area (Å²) in [6.07, 6.45) is 3.72. The van der Waals surface area contributed by atoms with E-state index in [0.717, 1.165) is 16.0 Å². The van der Waals surface area contributed by atoms with Gasteiger partial charge in [-0.15, -0.1) is 0 Å². The highest BCUT2D eigenvalue weighted by atomic mass is 79.9. The summed E-state index contributed by atoms with van der Waals surface area (Å²) in [5, 5.41) is 0. The molecule has 0 spiro atoms. The number of benzene rings is 1. The molecule has 0 saturated heterocycles. The van der Waals surface area contributed by atoms with Crippen molar-refractivity contribution >= 4 is 15.9 Å². The molecule has 0 amide bonds. The average Bonchev–Trinajstić information content (AvgIpc) is 2.67. The summed E-state index contributed by atoms with van der Waals surface area (Å²) in [6, 6.07) is 2.26. The van der Waals surface area contributed by atoms with Crippen LogP contribution < -0.4 is 9.47 Å². The Morgan fingerprint density at radius 2 is 1.65 bits per heavy atom. The fourth-order valence-corrected chi connectivity index (χ4v) is 4.00. The quantitative estimate of drug-likeness (QED) is 0.748. The summed E-state index contributed by atoms with van der Waals surface area (Å²) in [6.45, 7) is 9.21. The SMILES string of the molecule is COc1c([C@@]2(C)CCCC2(C)C)cc(C)c(Br)c1OC. The van der Waals surface area contributed by atoms with E-state index in [4.69, 9.17) is 9.47 Å². The van der Waals surface area contributed by atoms with E-state index >= 15 is 0 Å². The molecule has 0 unspecified atom stereocenters. The molecule has 1 atom stereocenters. The first kappa shape index (κ1) is 15.7. The van der Waals surface area contributed by atoms with Crippen molar-refractivity contribution in [2.24, 2.45) is 5.41 Å². The minimum absolute atomic E-state index is 0.122. The Balaban J connectivity index is 2.71. The molecular formula is C17H25BrO2. The van der Waals surface area contributed by atoms with Crippen LogP contribution in [0.4, 0.5) is 0 Å². The molecule has 1 aromatic carbocycles. The lowest BCUT2D eigenvalue weighted by Gasteiger charge is -2.40. The highest BCUT2D eigenvalue weighted by Gasteiger charge is 2.48. The van der Waals surface area contributed by atoms with E-state index in [1.807, 2.05) is 0 Å². The molecule has 1 saturated carbocycles. The second-order valence-electron chi connectivity index (χ2n) is 6.69. The minimum Gasteiger partial charge on any atom is -0.493 e. The number of aryl methyl sites for hydroxylation is 1. The third kappa shape index (κ3) is 2.14. The first-order valence-electron chi connectivity index (χ1n) is 7.20. The Hall–Kier alpha value is -0.700. The first-order chi connectivity index (χ1) is 9.28. The highest BCUT2D eigenvalue weighted by molar-refractivity contribution is 9.10. The van der Waals surface area contributed by atoms with Crippen molar-refractivity contribution in [3.63, 3.8) is 0 Å². The van der Waals surface area contributed by atoms with E-state index in [-0.39, 0.29) is 10.8 Å². The molecule has 0 aromatic heterocycles. The predicted molar refractivity (Wildman–Crippen MR) is 87.0 cm³/mol.